The third-order valence-electron chi connectivity index (χ3n) is 6.38. The molecule has 1 N–H and O–H groups in total. The lowest BCUT2D eigenvalue weighted by Crippen LogP contribution is -2.53. The molecular weight excluding hydrogens is 470 g/mol. The zero-order valence-corrected chi connectivity index (χ0v) is 20.4. The fourth-order valence-corrected chi connectivity index (χ4v) is 6.02. The van der Waals surface area contributed by atoms with Crippen LogP contribution in [0, 0.1) is 11.3 Å². The van der Waals surface area contributed by atoms with Gasteiger partial charge in [-0.25, -0.2) is 18.1 Å². The first kappa shape index (κ1) is 24.7. The maximum Gasteiger partial charge on any atom is 0.326 e. The number of para-hydroxylation sites is 1. The Morgan fingerprint density at radius 1 is 1.06 bits per heavy atom. The smallest absolute Gasteiger partial charge is 0.326 e. The van der Waals surface area contributed by atoms with Crippen LogP contribution in [0.15, 0.2) is 53.4 Å². The second-order valence-electron chi connectivity index (χ2n) is 8.76. The predicted molar refractivity (Wildman–Crippen MR) is 127 cm³/mol. The Balaban J connectivity index is 1.41. The Labute approximate surface area is 204 Å². The maximum absolute atomic E-state index is 13.2. The number of carbonyl (C=O) groups is 2. The van der Waals surface area contributed by atoms with E-state index in [1.165, 1.54) is 21.3 Å². The Morgan fingerprint density at radius 3 is 2.40 bits per heavy atom. The van der Waals surface area contributed by atoms with Crippen LogP contribution >= 0.6 is 0 Å². The Kier molecular flexibility index (Phi) is 6.80. The normalized spacial score (nSPS) is 21.6. The number of sulfonamides is 1. The van der Waals surface area contributed by atoms with Crippen molar-refractivity contribution >= 4 is 22.0 Å². The minimum atomic E-state index is -3.82. The van der Waals surface area contributed by atoms with E-state index in [0.29, 0.717) is 18.8 Å². The lowest BCUT2D eigenvalue weighted by atomic mass is 9.92. The fraction of sp³-hybridized carbons (Fsp3) is 0.375. The molecule has 3 amide bonds. The summed E-state index contributed by atoms with van der Waals surface area (Å²) in [6.45, 7) is 2.81. The number of rotatable bonds is 7. The van der Waals surface area contributed by atoms with E-state index in [-0.39, 0.29) is 42.5 Å². The molecule has 11 heteroatoms. The van der Waals surface area contributed by atoms with E-state index in [9.17, 15) is 23.3 Å². The summed E-state index contributed by atoms with van der Waals surface area (Å²) in [5.41, 5.74) is -0.203. The lowest BCUT2D eigenvalue weighted by molar-refractivity contribution is -0.132. The minimum Gasteiger partial charge on any atom is -0.496 e. The predicted octanol–water partition coefficient (Wildman–Crippen LogP) is 1.38. The summed E-state index contributed by atoms with van der Waals surface area (Å²) in [6, 6.07) is 14.9. The molecule has 35 heavy (non-hydrogen) atoms. The van der Waals surface area contributed by atoms with Gasteiger partial charge in [0, 0.05) is 32.6 Å². The van der Waals surface area contributed by atoms with Gasteiger partial charge in [0.05, 0.1) is 24.2 Å². The Hall–Kier alpha value is -3.46. The van der Waals surface area contributed by atoms with Gasteiger partial charge in [-0.1, -0.05) is 30.3 Å². The molecule has 2 aromatic rings. The van der Waals surface area contributed by atoms with E-state index >= 15 is 0 Å². The van der Waals surface area contributed by atoms with Crippen LogP contribution in [0.1, 0.15) is 18.1 Å². The van der Waals surface area contributed by atoms with E-state index in [4.69, 9.17) is 4.74 Å². The number of nitrogens with one attached hydrogen (secondary N) is 1. The number of methoxy groups -OCH3 is 1. The highest BCUT2D eigenvalue weighted by Gasteiger charge is 2.48. The van der Waals surface area contributed by atoms with Crippen molar-refractivity contribution in [3.63, 3.8) is 0 Å². The van der Waals surface area contributed by atoms with E-state index in [2.05, 4.69) is 5.32 Å². The topological polar surface area (TPSA) is 123 Å². The summed E-state index contributed by atoms with van der Waals surface area (Å²) in [7, 11) is -2.27. The van der Waals surface area contributed by atoms with Gasteiger partial charge in [-0.3, -0.25) is 9.69 Å². The molecule has 2 fully saturated rings. The third-order valence-corrected chi connectivity index (χ3v) is 8.34. The molecule has 0 saturated carbocycles. The standard InChI is InChI=1S/C24H27N5O5S/c1-24(15-18-7-3-5-9-20(18)34-2)22(30)29(23(31)26-24)17-27-11-13-28(14-12-27)35(32,33)21-10-6-4-8-19(21)16-25/h3-10H,11-15,17H2,1-2H3,(H,26,31)/t24-/m1/s1. The number of ether oxygens (including phenoxy) is 1. The Morgan fingerprint density at radius 2 is 1.71 bits per heavy atom. The minimum absolute atomic E-state index is 0.0165. The van der Waals surface area contributed by atoms with E-state index in [1.54, 1.807) is 32.2 Å². The first-order valence-electron chi connectivity index (χ1n) is 11.2. The van der Waals surface area contributed by atoms with Crippen LogP contribution in [0.2, 0.25) is 0 Å². The quantitative estimate of drug-likeness (QED) is 0.574. The van der Waals surface area contributed by atoms with E-state index in [0.717, 1.165) is 5.56 Å². The molecule has 0 unspecified atom stereocenters. The van der Waals surface area contributed by atoms with Gasteiger partial charge in [-0.2, -0.15) is 9.57 Å². The average Bonchev–Trinajstić information content (AvgIpc) is 3.07. The Bertz CT molecular complexity index is 1280. The van der Waals surface area contributed by atoms with Gasteiger partial charge in [0.25, 0.3) is 5.91 Å². The summed E-state index contributed by atoms with van der Waals surface area (Å²) in [4.78, 5) is 29.0. The van der Waals surface area contributed by atoms with Crippen molar-refractivity contribution in [2.45, 2.75) is 23.8 Å². The number of benzene rings is 2. The second-order valence-corrected chi connectivity index (χ2v) is 10.7. The van der Waals surface area contributed by atoms with Crippen molar-refractivity contribution in [1.82, 2.24) is 19.4 Å². The van der Waals surface area contributed by atoms with E-state index < -0.39 is 21.6 Å². The largest absolute Gasteiger partial charge is 0.496 e. The second kappa shape index (κ2) is 9.65. The summed E-state index contributed by atoms with van der Waals surface area (Å²) in [5.74, 6) is 0.302. The van der Waals surface area contributed by atoms with Crippen LogP contribution in [0.4, 0.5) is 4.79 Å². The highest BCUT2D eigenvalue weighted by molar-refractivity contribution is 7.89. The molecule has 184 valence electrons. The number of piperazine rings is 1. The lowest BCUT2D eigenvalue weighted by Gasteiger charge is -2.35. The number of carbonyl (C=O) groups excluding carboxylic acids is 2. The van der Waals surface area contributed by atoms with Gasteiger partial charge in [-0.15, -0.1) is 0 Å². The summed E-state index contributed by atoms with van der Waals surface area (Å²) in [5, 5.41) is 12.1. The molecule has 2 aromatic carbocycles. The maximum atomic E-state index is 13.2. The van der Waals surface area contributed by atoms with Crippen LogP contribution in [0.5, 0.6) is 5.75 Å². The number of imide groups is 1. The molecule has 1 atom stereocenters. The summed E-state index contributed by atoms with van der Waals surface area (Å²) in [6.07, 6.45) is 0.280. The molecule has 0 spiro atoms. The first-order chi connectivity index (χ1) is 16.7. The van der Waals surface area contributed by atoms with Crippen LogP contribution in [0.25, 0.3) is 0 Å². The van der Waals surface area contributed by atoms with Crippen LogP contribution in [-0.2, 0) is 21.2 Å². The van der Waals surface area contributed by atoms with Crippen LogP contribution in [0.3, 0.4) is 0 Å². The van der Waals surface area contributed by atoms with E-state index in [1.807, 2.05) is 29.2 Å². The number of hydrogen-bond donors (Lipinski definition) is 1. The molecule has 0 bridgehead atoms. The molecule has 0 aromatic heterocycles. The van der Waals surface area contributed by atoms with Gasteiger partial charge < -0.3 is 10.1 Å². The number of nitrogens with zero attached hydrogens (tertiary/aromatic N) is 4. The van der Waals surface area contributed by atoms with Crippen molar-refractivity contribution in [2.75, 3.05) is 40.0 Å². The summed E-state index contributed by atoms with van der Waals surface area (Å²) < 4.78 is 32.8. The molecule has 0 radical (unpaired) electrons. The van der Waals surface area contributed by atoms with Gasteiger partial charge in [0.1, 0.15) is 17.4 Å². The average molecular weight is 498 g/mol. The molecule has 2 saturated heterocycles. The van der Waals surface area contributed by atoms with Crippen molar-refractivity contribution in [3.05, 3.63) is 59.7 Å². The first-order valence-corrected chi connectivity index (χ1v) is 12.6. The SMILES string of the molecule is COc1ccccc1C[C@@]1(C)NC(=O)N(CN2CCN(S(=O)(=O)c3ccccc3C#N)CC2)C1=O. The molecule has 2 aliphatic heterocycles. The van der Waals surface area contributed by atoms with Crippen molar-refractivity contribution < 1.29 is 22.7 Å². The van der Waals surface area contributed by atoms with Crippen molar-refractivity contribution in [3.8, 4) is 11.8 Å². The van der Waals surface area contributed by atoms with Crippen LogP contribution in [-0.4, -0.2) is 80.0 Å². The number of urea groups is 1. The molecule has 10 nitrogen and oxygen atoms in total. The fourth-order valence-electron chi connectivity index (χ4n) is 4.46. The zero-order chi connectivity index (χ0) is 25.2. The molecular formula is C24H27N5O5S. The van der Waals surface area contributed by atoms with Gasteiger partial charge in [0.2, 0.25) is 10.0 Å². The van der Waals surface area contributed by atoms with Gasteiger partial charge in [-0.05, 0) is 30.7 Å². The molecule has 4 rings (SSSR count). The van der Waals surface area contributed by atoms with Gasteiger partial charge in [0.15, 0.2) is 0 Å². The zero-order valence-electron chi connectivity index (χ0n) is 19.6. The van der Waals surface area contributed by atoms with Crippen LogP contribution < -0.4 is 10.1 Å². The highest BCUT2D eigenvalue weighted by atomic mass is 32.2. The number of amides is 3. The molecule has 0 aliphatic carbocycles. The summed E-state index contributed by atoms with van der Waals surface area (Å²) >= 11 is 0. The van der Waals surface area contributed by atoms with Gasteiger partial charge >= 0.3 is 6.03 Å². The third kappa shape index (κ3) is 4.73. The number of hydrogen-bond acceptors (Lipinski definition) is 7. The monoisotopic (exact) mass is 497 g/mol. The molecule has 2 heterocycles. The number of nitriles is 1. The van der Waals surface area contributed by atoms with Crippen molar-refractivity contribution in [2.24, 2.45) is 0 Å². The molecule has 2 aliphatic rings. The highest BCUT2D eigenvalue weighted by Crippen LogP contribution is 2.28. The van der Waals surface area contributed by atoms with Crippen molar-refractivity contribution in [1.29, 1.82) is 5.26 Å².